The molecule has 2 aliphatic rings. The average molecular weight is 579 g/mol. The molecule has 0 aromatic heterocycles. The van der Waals surface area contributed by atoms with Crippen molar-refractivity contribution in [3.8, 4) is 28.7 Å². The minimum absolute atomic E-state index is 0.0322. The fourth-order valence-corrected chi connectivity index (χ4v) is 4.58. The lowest BCUT2D eigenvalue weighted by atomic mass is 9.93. The Morgan fingerprint density at radius 2 is 1.73 bits per heavy atom. The van der Waals surface area contributed by atoms with Crippen LogP contribution < -0.4 is 9.47 Å². The highest BCUT2D eigenvalue weighted by molar-refractivity contribution is 5.71. The van der Waals surface area contributed by atoms with Crippen molar-refractivity contribution in [3.63, 3.8) is 0 Å². The molecule has 0 bridgehead atoms. The van der Waals surface area contributed by atoms with Crippen LogP contribution in [-0.2, 0) is 30.2 Å². The summed E-state index contributed by atoms with van der Waals surface area (Å²) < 4.78 is 28.0. The molecule has 0 saturated carbocycles. The number of esters is 2. The van der Waals surface area contributed by atoms with E-state index in [-0.39, 0.29) is 35.3 Å². The summed E-state index contributed by atoms with van der Waals surface area (Å²) >= 11 is 0. The van der Waals surface area contributed by atoms with Gasteiger partial charge in [0.1, 0.15) is 54.4 Å². The number of carbonyl (C=O) groups is 2. The summed E-state index contributed by atoms with van der Waals surface area (Å²) in [6, 6.07) is 6.59. The van der Waals surface area contributed by atoms with Crippen LogP contribution in [0.2, 0.25) is 0 Å². The Bertz CT molecular complexity index is 1260. The summed E-state index contributed by atoms with van der Waals surface area (Å²) in [7, 11) is 0. The highest BCUT2D eigenvalue weighted by Gasteiger charge is 2.46. The number of ether oxygens (including phenoxy) is 5. The molecular formula is C28H34O13. The Morgan fingerprint density at radius 1 is 1.00 bits per heavy atom. The van der Waals surface area contributed by atoms with Crippen LogP contribution >= 0.6 is 0 Å². The predicted octanol–water partition coefficient (Wildman–Crippen LogP) is 1.19. The normalized spacial score (nSPS) is 28.1. The number of hydrogen-bond acceptors (Lipinski definition) is 13. The Balaban J connectivity index is 1.56. The first-order valence-corrected chi connectivity index (χ1v) is 13.1. The molecule has 0 aliphatic carbocycles. The molecule has 0 radical (unpaired) electrons. The first-order chi connectivity index (χ1) is 19.4. The molecule has 2 aromatic rings. The largest absolute Gasteiger partial charge is 0.507 e. The molecule has 224 valence electrons. The van der Waals surface area contributed by atoms with E-state index in [1.165, 1.54) is 37.3 Å². The smallest absolute Gasteiger partial charge is 0.308 e. The van der Waals surface area contributed by atoms with Gasteiger partial charge < -0.3 is 54.3 Å². The highest BCUT2D eigenvalue weighted by atomic mass is 16.7. The van der Waals surface area contributed by atoms with Crippen LogP contribution in [0.25, 0.3) is 0 Å². The van der Waals surface area contributed by atoms with Crippen LogP contribution in [-0.4, -0.2) is 86.0 Å². The fraction of sp³-hybridized carbons (Fsp3) is 0.500. The van der Waals surface area contributed by atoms with E-state index in [9.17, 15) is 40.2 Å². The maximum absolute atomic E-state index is 12.1. The molecule has 1 unspecified atom stereocenters. The van der Waals surface area contributed by atoms with Crippen LogP contribution in [0.5, 0.6) is 28.7 Å². The zero-order valence-corrected chi connectivity index (χ0v) is 22.7. The number of phenolic OH excluding ortho intramolecular Hbond substituents is 3. The van der Waals surface area contributed by atoms with Crippen molar-refractivity contribution in [2.24, 2.45) is 5.92 Å². The molecule has 8 atom stereocenters. The lowest BCUT2D eigenvalue weighted by molar-refractivity contribution is -0.278. The topological polar surface area (TPSA) is 202 Å². The summed E-state index contributed by atoms with van der Waals surface area (Å²) in [6.45, 7) is 4.31. The van der Waals surface area contributed by atoms with Crippen molar-refractivity contribution < 1.29 is 63.9 Å². The quantitative estimate of drug-likeness (QED) is 0.193. The first-order valence-electron chi connectivity index (χ1n) is 13.1. The lowest BCUT2D eigenvalue weighted by Gasteiger charge is -2.40. The molecule has 2 aliphatic heterocycles. The van der Waals surface area contributed by atoms with Crippen molar-refractivity contribution in [1.82, 2.24) is 0 Å². The molecule has 13 nitrogen and oxygen atoms in total. The van der Waals surface area contributed by atoms with Crippen molar-refractivity contribution in [1.29, 1.82) is 0 Å². The standard InChI is InChI=1S/C28H34O13/c1-4-12(2)27(36)37-11-22-23(33)24(34)25(35)28(41-22)39-15-8-18(31)16-10-21(38-13(3)29)26(40-20(16)9-15)14-5-6-17(30)19(32)7-14/h5-9,12,21-26,28,30-35H,4,10-11H2,1-3H3/t12?,21-,22-,23-,24+,25-,26-,28-/m1/s1. The van der Waals surface area contributed by atoms with E-state index in [1.54, 1.807) is 6.92 Å². The second-order valence-corrected chi connectivity index (χ2v) is 10.1. The summed E-state index contributed by atoms with van der Waals surface area (Å²) in [5, 5.41) is 61.7. The predicted molar refractivity (Wildman–Crippen MR) is 138 cm³/mol. The van der Waals surface area contributed by atoms with Gasteiger partial charge >= 0.3 is 11.9 Å². The molecule has 4 rings (SSSR count). The van der Waals surface area contributed by atoms with Crippen molar-refractivity contribution in [2.75, 3.05) is 6.61 Å². The molecular weight excluding hydrogens is 544 g/mol. The van der Waals surface area contributed by atoms with Crippen LogP contribution in [0, 0.1) is 5.92 Å². The molecule has 41 heavy (non-hydrogen) atoms. The van der Waals surface area contributed by atoms with Gasteiger partial charge in [0, 0.05) is 36.6 Å². The van der Waals surface area contributed by atoms with Gasteiger partial charge in [-0.25, -0.2) is 0 Å². The summed E-state index contributed by atoms with van der Waals surface area (Å²) in [6.07, 6.45) is -8.97. The van der Waals surface area contributed by atoms with Crippen molar-refractivity contribution >= 4 is 11.9 Å². The van der Waals surface area contributed by atoms with Crippen LogP contribution in [0.4, 0.5) is 0 Å². The van der Waals surface area contributed by atoms with E-state index in [4.69, 9.17) is 23.7 Å². The molecule has 2 heterocycles. The Hall–Kier alpha value is -3.78. The minimum atomic E-state index is -1.70. The highest BCUT2D eigenvalue weighted by Crippen LogP contribution is 2.44. The summed E-state index contributed by atoms with van der Waals surface area (Å²) in [4.78, 5) is 23.8. The molecule has 1 saturated heterocycles. The van der Waals surface area contributed by atoms with Gasteiger partial charge in [-0.3, -0.25) is 9.59 Å². The Morgan fingerprint density at radius 3 is 2.39 bits per heavy atom. The number of benzene rings is 2. The first kappa shape index (κ1) is 30.2. The monoisotopic (exact) mass is 578 g/mol. The van der Waals surface area contributed by atoms with Gasteiger partial charge in [-0.2, -0.15) is 0 Å². The van der Waals surface area contributed by atoms with Crippen LogP contribution in [0.1, 0.15) is 44.4 Å². The van der Waals surface area contributed by atoms with Gasteiger partial charge in [0.05, 0.1) is 5.92 Å². The third-order valence-electron chi connectivity index (χ3n) is 7.13. The molecule has 2 aromatic carbocycles. The maximum Gasteiger partial charge on any atom is 0.308 e. The average Bonchev–Trinajstić information content (AvgIpc) is 2.93. The van der Waals surface area contributed by atoms with E-state index in [1.807, 2.05) is 6.92 Å². The van der Waals surface area contributed by atoms with E-state index in [0.717, 1.165) is 0 Å². The third kappa shape index (κ3) is 6.59. The Kier molecular flexibility index (Phi) is 9.12. The Labute approximate surface area is 235 Å². The molecule has 13 heteroatoms. The van der Waals surface area contributed by atoms with Gasteiger partial charge in [-0.15, -0.1) is 0 Å². The zero-order valence-electron chi connectivity index (χ0n) is 22.7. The number of carbonyl (C=O) groups excluding carboxylic acids is 2. The number of aliphatic hydroxyl groups is 3. The van der Waals surface area contributed by atoms with E-state index in [2.05, 4.69) is 0 Å². The number of phenols is 3. The maximum atomic E-state index is 12.1. The number of hydrogen-bond donors (Lipinski definition) is 6. The van der Waals surface area contributed by atoms with Crippen LogP contribution in [0.15, 0.2) is 30.3 Å². The van der Waals surface area contributed by atoms with E-state index < -0.39 is 67.2 Å². The third-order valence-corrected chi connectivity index (χ3v) is 7.13. The van der Waals surface area contributed by atoms with Gasteiger partial charge in [-0.1, -0.05) is 19.9 Å². The number of rotatable bonds is 8. The summed E-state index contributed by atoms with van der Waals surface area (Å²) in [5.41, 5.74) is 0.666. The summed E-state index contributed by atoms with van der Waals surface area (Å²) in [5.74, 6) is -2.45. The fourth-order valence-electron chi connectivity index (χ4n) is 4.58. The van der Waals surface area contributed by atoms with Crippen LogP contribution in [0.3, 0.4) is 0 Å². The molecule has 6 N–H and O–H groups in total. The van der Waals surface area contributed by atoms with Gasteiger partial charge in [-0.05, 0) is 18.6 Å². The van der Waals surface area contributed by atoms with Crippen molar-refractivity contribution in [2.45, 2.75) is 76.5 Å². The molecule has 0 amide bonds. The van der Waals surface area contributed by atoms with Gasteiger partial charge in [0.2, 0.25) is 6.29 Å². The van der Waals surface area contributed by atoms with Crippen molar-refractivity contribution in [3.05, 3.63) is 41.5 Å². The second kappa shape index (κ2) is 12.4. The van der Waals surface area contributed by atoms with E-state index in [0.29, 0.717) is 17.5 Å². The zero-order chi connectivity index (χ0) is 30.0. The van der Waals surface area contributed by atoms with E-state index >= 15 is 0 Å². The van der Waals surface area contributed by atoms with Gasteiger partial charge in [0.15, 0.2) is 17.6 Å². The number of fused-ring (bicyclic) bond motifs is 1. The lowest BCUT2D eigenvalue weighted by Crippen LogP contribution is -2.60. The minimum Gasteiger partial charge on any atom is -0.507 e. The number of aromatic hydroxyl groups is 3. The van der Waals surface area contributed by atoms with Gasteiger partial charge in [0.25, 0.3) is 0 Å². The molecule has 1 fully saturated rings. The molecule has 0 spiro atoms. The number of aliphatic hydroxyl groups excluding tert-OH is 3. The SMILES string of the molecule is CCC(C)C(=O)OC[C@H]1O[C@@H](Oc2cc(O)c3c(c2)O[C@H](c2ccc(O)c(O)c2)[C@H](OC(C)=O)C3)[C@H](O)[C@@H](O)[C@@H]1O. The second-order valence-electron chi connectivity index (χ2n) is 10.1.